The molecule has 0 radical (unpaired) electrons. The van der Waals surface area contributed by atoms with Crippen molar-refractivity contribution in [2.45, 2.75) is 25.9 Å². The first-order valence-corrected chi connectivity index (χ1v) is 5.83. The van der Waals surface area contributed by atoms with E-state index in [0.29, 0.717) is 18.9 Å². The van der Waals surface area contributed by atoms with Crippen LogP contribution >= 0.6 is 0 Å². The Hall–Kier alpha value is -1.10. The van der Waals surface area contributed by atoms with Gasteiger partial charge < -0.3 is 15.0 Å². The largest absolute Gasteiger partial charge is 0.378 e. The molecule has 2 saturated heterocycles. The molecule has 2 aliphatic rings. The predicted octanol–water partition coefficient (Wildman–Crippen LogP) is -0.240. The molecule has 0 bridgehead atoms. The van der Waals surface area contributed by atoms with Crippen LogP contribution in [0.25, 0.3) is 0 Å². The second-order valence-corrected chi connectivity index (χ2v) is 4.49. The first kappa shape index (κ1) is 11.4. The third kappa shape index (κ3) is 2.52. The summed E-state index contributed by atoms with van der Waals surface area (Å²) < 4.78 is 5.47. The molecule has 2 atom stereocenters. The zero-order chi connectivity index (χ0) is 11.5. The molecule has 2 amide bonds. The van der Waals surface area contributed by atoms with Crippen LogP contribution in [0.3, 0.4) is 0 Å². The van der Waals surface area contributed by atoms with E-state index in [-0.39, 0.29) is 24.5 Å². The average Bonchev–Trinajstić information content (AvgIpc) is 2.59. The van der Waals surface area contributed by atoms with Crippen LogP contribution in [-0.2, 0) is 14.3 Å². The molecule has 2 fully saturated rings. The predicted molar refractivity (Wildman–Crippen MR) is 57.7 cm³/mol. The minimum absolute atomic E-state index is 0.0185. The van der Waals surface area contributed by atoms with Gasteiger partial charge >= 0.3 is 0 Å². The van der Waals surface area contributed by atoms with Gasteiger partial charge in [-0.25, -0.2) is 0 Å². The van der Waals surface area contributed by atoms with Crippen LogP contribution in [-0.4, -0.2) is 49.1 Å². The van der Waals surface area contributed by atoms with Crippen LogP contribution in [0.4, 0.5) is 0 Å². The number of nitrogens with one attached hydrogen (secondary N) is 1. The number of amides is 2. The van der Waals surface area contributed by atoms with Crippen LogP contribution in [0.15, 0.2) is 0 Å². The summed E-state index contributed by atoms with van der Waals surface area (Å²) in [7, 11) is 0. The Labute approximate surface area is 95.1 Å². The zero-order valence-corrected chi connectivity index (χ0v) is 9.57. The van der Waals surface area contributed by atoms with Crippen LogP contribution in [0.1, 0.15) is 19.8 Å². The van der Waals surface area contributed by atoms with Crippen molar-refractivity contribution in [3.05, 3.63) is 0 Å². The van der Waals surface area contributed by atoms with E-state index in [4.69, 9.17) is 4.74 Å². The molecule has 2 aliphatic heterocycles. The van der Waals surface area contributed by atoms with E-state index in [1.165, 1.54) is 0 Å². The summed E-state index contributed by atoms with van der Waals surface area (Å²) in [6, 6.07) is 0. The van der Waals surface area contributed by atoms with Gasteiger partial charge in [0, 0.05) is 32.0 Å². The molecule has 2 rings (SSSR count). The summed E-state index contributed by atoms with van der Waals surface area (Å²) in [5.41, 5.74) is 0. The van der Waals surface area contributed by atoms with Gasteiger partial charge in [0.1, 0.15) is 0 Å². The van der Waals surface area contributed by atoms with E-state index in [0.717, 1.165) is 19.6 Å². The van der Waals surface area contributed by atoms with Gasteiger partial charge in [-0.05, 0) is 13.3 Å². The molecule has 2 heterocycles. The monoisotopic (exact) mass is 226 g/mol. The lowest BCUT2D eigenvalue weighted by molar-refractivity contribution is -0.130. The van der Waals surface area contributed by atoms with Gasteiger partial charge in [-0.15, -0.1) is 0 Å². The zero-order valence-electron chi connectivity index (χ0n) is 9.57. The van der Waals surface area contributed by atoms with E-state index in [1.807, 2.05) is 6.92 Å². The first-order valence-electron chi connectivity index (χ1n) is 5.83. The van der Waals surface area contributed by atoms with Gasteiger partial charge in [-0.3, -0.25) is 9.59 Å². The van der Waals surface area contributed by atoms with Gasteiger partial charge in [0.05, 0.1) is 12.6 Å². The smallest absolute Gasteiger partial charge is 0.241 e. The molecule has 2 unspecified atom stereocenters. The second kappa shape index (κ2) is 4.82. The summed E-state index contributed by atoms with van der Waals surface area (Å²) in [6.45, 7) is 4.22. The van der Waals surface area contributed by atoms with E-state index in [2.05, 4.69) is 5.32 Å². The molecule has 5 heteroatoms. The number of ether oxygens (including phenoxy) is 1. The van der Waals surface area contributed by atoms with E-state index < -0.39 is 0 Å². The highest BCUT2D eigenvalue weighted by molar-refractivity contribution is 5.87. The SMILES string of the molecule is CC1OCCC1CN1CCC(=O)NCC1=O. The molecular weight excluding hydrogens is 208 g/mol. The summed E-state index contributed by atoms with van der Waals surface area (Å²) in [5, 5.41) is 2.60. The lowest BCUT2D eigenvalue weighted by atomic mass is 10.0. The van der Waals surface area contributed by atoms with Crippen molar-refractivity contribution in [1.29, 1.82) is 0 Å². The number of hydrogen-bond donors (Lipinski definition) is 1. The first-order chi connectivity index (χ1) is 7.66. The molecule has 0 aromatic rings. The van der Waals surface area contributed by atoms with Crippen molar-refractivity contribution in [2.75, 3.05) is 26.2 Å². The van der Waals surface area contributed by atoms with Gasteiger partial charge in [-0.1, -0.05) is 0 Å². The van der Waals surface area contributed by atoms with Crippen molar-refractivity contribution in [2.24, 2.45) is 5.92 Å². The Morgan fingerprint density at radius 1 is 1.50 bits per heavy atom. The van der Waals surface area contributed by atoms with Crippen molar-refractivity contribution in [1.82, 2.24) is 10.2 Å². The van der Waals surface area contributed by atoms with Crippen molar-refractivity contribution >= 4 is 11.8 Å². The van der Waals surface area contributed by atoms with Crippen molar-refractivity contribution < 1.29 is 14.3 Å². The summed E-state index contributed by atoms with van der Waals surface area (Å²) in [4.78, 5) is 24.7. The molecule has 0 spiro atoms. The maximum Gasteiger partial charge on any atom is 0.241 e. The number of carbonyl (C=O) groups is 2. The molecule has 16 heavy (non-hydrogen) atoms. The lowest BCUT2D eigenvalue weighted by Gasteiger charge is -2.24. The number of hydrogen-bond acceptors (Lipinski definition) is 3. The lowest BCUT2D eigenvalue weighted by Crippen LogP contribution is -2.39. The molecule has 0 aliphatic carbocycles. The van der Waals surface area contributed by atoms with Gasteiger partial charge in [0.2, 0.25) is 11.8 Å². The van der Waals surface area contributed by atoms with Crippen LogP contribution < -0.4 is 5.32 Å². The fraction of sp³-hybridized carbons (Fsp3) is 0.818. The Morgan fingerprint density at radius 3 is 3.00 bits per heavy atom. The normalized spacial score (nSPS) is 31.4. The van der Waals surface area contributed by atoms with E-state index in [1.54, 1.807) is 4.90 Å². The Bertz CT molecular complexity index is 293. The van der Waals surface area contributed by atoms with E-state index in [9.17, 15) is 9.59 Å². The van der Waals surface area contributed by atoms with Crippen LogP contribution in [0, 0.1) is 5.92 Å². The molecular formula is C11H18N2O3. The average molecular weight is 226 g/mol. The molecule has 0 saturated carbocycles. The standard InChI is InChI=1S/C11H18N2O3/c1-8-9(3-5-16-8)7-13-4-2-10(14)12-6-11(13)15/h8-9H,2-7H2,1H3,(H,12,14). The maximum atomic E-state index is 11.7. The Kier molecular flexibility index (Phi) is 3.43. The molecule has 5 nitrogen and oxygen atoms in total. The van der Waals surface area contributed by atoms with Gasteiger partial charge in [0.25, 0.3) is 0 Å². The minimum Gasteiger partial charge on any atom is -0.378 e. The summed E-state index contributed by atoms with van der Waals surface area (Å²) >= 11 is 0. The van der Waals surface area contributed by atoms with Gasteiger partial charge in [0.15, 0.2) is 0 Å². The minimum atomic E-state index is -0.0356. The fourth-order valence-corrected chi connectivity index (χ4v) is 2.23. The summed E-state index contributed by atoms with van der Waals surface area (Å²) in [6.07, 6.45) is 1.64. The van der Waals surface area contributed by atoms with Gasteiger partial charge in [-0.2, -0.15) is 0 Å². The van der Waals surface area contributed by atoms with Crippen LogP contribution in [0.5, 0.6) is 0 Å². The van der Waals surface area contributed by atoms with Crippen molar-refractivity contribution in [3.8, 4) is 0 Å². The topological polar surface area (TPSA) is 58.6 Å². The molecule has 1 N–H and O–H groups in total. The molecule has 90 valence electrons. The highest BCUT2D eigenvalue weighted by Crippen LogP contribution is 2.21. The Balaban J connectivity index is 1.92. The van der Waals surface area contributed by atoms with E-state index >= 15 is 0 Å². The fourth-order valence-electron chi connectivity index (χ4n) is 2.23. The molecule has 0 aromatic heterocycles. The second-order valence-electron chi connectivity index (χ2n) is 4.49. The Morgan fingerprint density at radius 2 is 2.31 bits per heavy atom. The summed E-state index contributed by atoms with van der Waals surface area (Å²) in [5.74, 6) is 0.397. The highest BCUT2D eigenvalue weighted by Gasteiger charge is 2.29. The third-order valence-corrected chi connectivity index (χ3v) is 3.39. The van der Waals surface area contributed by atoms with Crippen LogP contribution in [0.2, 0.25) is 0 Å². The quantitative estimate of drug-likeness (QED) is 0.707. The number of nitrogens with zero attached hydrogens (tertiary/aromatic N) is 1. The highest BCUT2D eigenvalue weighted by atomic mass is 16.5. The third-order valence-electron chi connectivity index (χ3n) is 3.39. The maximum absolute atomic E-state index is 11.7. The van der Waals surface area contributed by atoms with Crippen molar-refractivity contribution in [3.63, 3.8) is 0 Å². The molecule has 0 aromatic carbocycles. The number of carbonyl (C=O) groups excluding carboxylic acids is 2. The number of rotatable bonds is 2.